The summed E-state index contributed by atoms with van der Waals surface area (Å²) in [4.78, 5) is 30.4. The Bertz CT molecular complexity index is 1020. The van der Waals surface area contributed by atoms with Gasteiger partial charge in [0.25, 0.3) is 5.91 Å². The van der Waals surface area contributed by atoms with Crippen molar-refractivity contribution in [3.63, 3.8) is 0 Å². The lowest BCUT2D eigenvalue weighted by Gasteiger charge is -2.36. The van der Waals surface area contributed by atoms with E-state index >= 15 is 0 Å². The Labute approximate surface area is 156 Å². The smallest absolute Gasteiger partial charge is 0.417 e. The van der Waals surface area contributed by atoms with Crippen LogP contribution in [0.15, 0.2) is 51.7 Å². The van der Waals surface area contributed by atoms with Crippen molar-refractivity contribution in [2.45, 2.75) is 6.92 Å². The van der Waals surface area contributed by atoms with Crippen molar-refractivity contribution in [3.05, 3.63) is 58.6 Å². The minimum Gasteiger partial charge on any atom is -0.484 e. The van der Waals surface area contributed by atoms with Crippen molar-refractivity contribution in [3.8, 4) is 5.75 Å². The van der Waals surface area contributed by atoms with Crippen LogP contribution < -0.4 is 15.4 Å². The molecule has 1 aliphatic rings. The van der Waals surface area contributed by atoms with E-state index in [1.54, 1.807) is 6.07 Å². The van der Waals surface area contributed by atoms with Gasteiger partial charge in [-0.25, -0.2) is 4.79 Å². The van der Waals surface area contributed by atoms with Gasteiger partial charge in [-0.3, -0.25) is 9.78 Å². The van der Waals surface area contributed by atoms with Gasteiger partial charge >= 0.3 is 5.76 Å². The van der Waals surface area contributed by atoms with E-state index in [0.29, 0.717) is 29.9 Å². The molecule has 0 bridgehead atoms. The van der Waals surface area contributed by atoms with Crippen molar-refractivity contribution in [1.29, 1.82) is 0 Å². The molecule has 1 saturated heterocycles. The Morgan fingerprint density at radius 1 is 1.15 bits per heavy atom. The summed E-state index contributed by atoms with van der Waals surface area (Å²) in [6, 6.07) is 13.3. The summed E-state index contributed by atoms with van der Waals surface area (Å²) >= 11 is 0. The van der Waals surface area contributed by atoms with Crippen molar-refractivity contribution in [2.75, 3.05) is 37.7 Å². The summed E-state index contributed by atoms with van der Waals surface area (Å²) in [6.07, 6.45) is 0. The molecule has 4 rings (SSSR count). The second kappa shape index (κ2) is 7.19. The van der Waals surface area contributed by atoms with E-state index in [1.165, 1.54) is 0 Å². The average Bonchev–Trinajstić information content (AvgIpc) is 3.05. The molecule has 140 valence electrons. The Balaban J connectivity index is 1.33. The Hall–Kier alpha value is -3.22. The lowest BCUT2D eigenvalue weighted by molar-refractivity contribution is -0.133. The third-order valence-electron chi connectivity index (χ3n) is 4.75. The summed E-state index contributed by atoms with van der Waals surface area (Å²) in [5.74, 6) is 0.251. The zero-order valence-electron chi connectivity index (χ0n) is 15.1. The highest BCUT2D eigenvalue weighted by Gasteiger charge is 2.22. The van der Waals surface area contributed by atoms with Crippen LogP contribution in [-0.4, -0.2) is 48.6 Å². The second-order valence-corrected chi connectivity index (χ2v) is 6.67. The number of ether oxygens (including phenoxy) is 1. The van der Waals surface area contributed by atoms with Gasteiger partial charge in [0.15, 0.2) is 12.2 Å². The van der Waals surface area contributed by atoms with Crippen LogP contribution in [0.25, 0.3) is 11.1 Å². The Morgan fingerprint density at radius 2 is 1.96 bits per heavy atom. The predicted octanol–water partition coefficient (Wildman–Crippen LogP) is 2.16. The minimum absolute atomic E-state index is 0.00854. The maximum Gasteiger partial charge on any atom is 0.417 e. The highest BCUT2D eigenvalue weighted by Crippen LogP contribution is 2.21. The molecule has 1 amide bonds. The van der Waals surface area contributed by atoms with E-state index in [0.717, 1.165) is 24.3 Å². The predicted molar refractivity (Wildman–Crippen MR) is 102 cm³/mol. The number of hydrogen-bond donors (Lipinski definition) is 1. The molecule has 3 aromatic rings. The van der Waals surface area contributed by atoms with Crippen LogP contribution in [0.3, 0.4) is 0 Å². The first kappa shape index (κ1) is 17.2. The third-order valence-corrected chi connectivity index (χ3v) is 4.75. The molecular formula is C20H21N3O4. The zero-order chi connectivity index (χ0) is 18.8. The number of H-pyrrole nitrogens is 1. The lowest BCUT2D eigenvalue weighted by atomic mass is 10.2. The molecule has 0 spiro atoms. The number of aryl methyl sites for hydroxylation is 1. The van der Waals surface area contributed by atoms with E-state index in [1.807, 2.05) is 48.2 Å². The van der Waals surface area contributed by atoms with Crippen LogP contribution >= 0.6 is 0 Å². The monoisotopic (exact) mass is 367 g/mol. The van der Waals surface area contributed by atoms with Gasteiger partial charge in [-0.1, -0.05) is 12.1 Å². The zero-order valence-corrected chi connectivity index (χ0v) is 15.1. The van der Waals surface area contributed by atoms with E-state index in [9.17, 15) is 9.59 Å². The minimum atomic E-state index is -0.453. The summed E-state index contributed by atoms with van der Waals surface area (Å²) in [5, 5.41) is 0. The first-order valence-electron chi connectivity index (χ1n) is 8.93. The summed E-state index contributed by atoms with van der Waals surface area (Å²) in [7, 11) is 0. The van der Waals surface area contributed by atoms with Crippen LogP contribution in [0.2, 0.25) is 0 Å². The topological polar surface area (TPSA) is 78.8 Å². The number of fused-ring (bicyclic) bond motifs is 1. The SMILES string of the molecule is Cc1cccc(OCC(=O)N2CCN(c3ccc4oc(=O)[nH]c4c3)CC2)c1. The molecule has 2 aromatic carbocycles. The van der Waals surface area contributed by atoms with Crippen LogP contribution in [0, 0.1) is 6.92 Å². The largest absolute Gasteiger partial charge is 0.484 e. The molecule has 1 aromatic heterocycles. The molecule has 0 unspecified atom stereocenters. The van der Waals surface area contributed by atoms with Crippen LogP contribution in [0.1, 0.15) is 5.56 Å². The summed E-state index contributed by atoms with van der Waals surface area (Å²) < 4.78 is 10.6. The Morgan fingerprint density at radius 3 is 2.74 bits per heavy atom. The maximum absolute atomic E-state index is 12.4. The number of benzene rings is 2. The second-order valence-electron chi connectivity index (χ2n) is 6.67. The molecule has 0 atom stereocenters. The number of amides is 1. The highest BCUT2D eigenvalue weighted by molar-refractivity contribution is 5.79. The van der Waals surface area contributed by atoms with E-state index < -0.39 is 5.76 Å². The van der Waals surface area contributed by atoms with Crippen molar-refractivity contribution in [1.82, 2.24) is 9.88 Å². The number of nitrogens with one attached hydrogen (secondary N) is 1. The number of carbonyl (C=O) groups is 1. The summed E-state index contributed by atoms with van der Waals surface area (Å²) in [6.45, 7) is 4.76. The van der Waals surface area contributed by atoms with Crippen LogP contribution in [0.4, 0.5) is 5.69 Å². The Kier molecular flexibility index (Phi) is 4.58. The number of oxazole rings is 1. The average molecular weight is 367 g/mol. The van der Waals surface area contributed by atoms with Crippen LogP contribution in [0.5, 0.6) is 5.75 Å². The van der Waals surface area contributed by atoms with Gasteiger partial charge in [0.1, 0.15) is 5.75 Å². The molecule has 1 aliphatic heterocycles. The molecule has 7 heteroatoms. The van der Waals surface area contributed by atoms with Gasteiger partial charge in [-0.15, -0.1) is 0 Å². The number of piperazine rings is 1. The number of aromatic nitrogens is 1. The molecule has 0 radical (unpaired) electrons. The van der Waals surface area contributed by atoms with Gasteiger partial charge in [0.05, 0.1) is 5.52 Å². The standard InChI is InChI=1S/C20H21N3O4/c1-14-3-2-4-16(11-14)26-13-19(24)23-9-7-22(8-10-23)15-5-6-18-17(12-15)21-20(25)27-18/h2-6,11-12H,7-10,13H2,1H3,(H,21,25). The van der Waals surface area contributed by atoms with Crippen molar-refractivity contribution >= 4 is 22.7 Å². The number of hydrogen-bond acceptors (Lipinski definition) is 5. The van der Waals surface area contributed by atoms with E-state index in [-0.39, 0.29) is 12.5 Å². The van der Waals surface area contributed by atoms with Crippen LogP contribution in [-0.2, 0) is 4.79 Å². The van der Waals surface area contributed by atoms with Gasteiger partial charge in [0.2, 0.25) is 0 Å². The number of aromatic amines is 1. The molecule has 0 saturated carbocycles. The molecule has 27 heavy (non-hydrogen) atoms. The normalized spacial score (nSPS) is 14.6. The number of anilines is 1. The molecule has 0 aliphatic carbocycles. The van der Waals surface area contributed by atoms with Gasteiger partial charge < -0.3 is 19.0 Å². The maximum atomic E-state index is 12.4. The number of nitrogens with zero attached hydrogens (tertiary/aromatic N) is 2. The quantitative estimate of drug-likeness (QED) is 0.764. The van der Waals surface area contributed by atoms with E-state index in [2.05, 4.69) is 9.88 Å². The third kappa shape index (κ3) is 3.81. The summed E-state index contributed by atoms with van der Waals surface area (Å²) in [5.41, 5.74) is 3.33. The fraction of sp³-hybridized carbons (Fsp3) is 0.300. The molecule has 2 heterocycles. The fourth-order valence-electron chi connectivity index (χ4n) is 3.29. The van der Waals surface area contributed by atoms with Crippen molar-refractivity contribution in [2.24, 2.45) is 0 Å². The first-order chi connectivity index (χ1) is 13.1. The van der Waals surface area contributed by atoms with E-state index in [4.69, 9.17) is 9.15 Å². The molecule has 1 N–H and O–H groups in total. The van der Waals surface area contributed by atoms with Crippen molar-refractivity contribution < 1.29 is 13.9 Å². The molecule has 1 fully saturated rings. The lowest BCUT2D eigenvalue weighted by Crippen LogP contribution is -2.50. The van der Waals surface area contributed by atoms with Gasteiger partial charge in [-0.2, -0.15) is 0 Å². The molecule has 7 nitrogen and oxygen atoms in total. The van der Waals surface area contributed by atoms with Gasteiger partial charge in [0, 0.05) is 31.9 Å². The number of rotatable bonds is 4. The molecular weight excluding hydrogens is 346 g/mol. The van der Waals surface area contributed by atoms with Gasteiger partial charge in [-0.05, 0) is 42.8 Å². The first-order valence-corrected chi connectivity index (χ1v) is 8.93. The highest BCUT2D eigenvalue weighted by atomic mass is 16.5. The fourth-order valence-corrected chi connectivity index (χ4v) is 3.29. The number of carbonyl (C=O) groups excluding carboxylic acids is 1.